The van der Waals surface area contributed by atoms with Crippen LogP contribution in [0.1, 0.15) is 20.8 Å². The Morgan fingerprint density at radius 2 is 1.80 bits per heavy atom. The van der Waals surface area contributed by atoms with Gasteiger partial charge in [0.2, 0.25) is 5.82 Å². The van der Waals surface area contributed by atoms with Gasteiger partial charge in [0.15, 0.2) is 0 Å². The molecule has 0 unspecified atom stereocenters. The molecule has 3 rings (SSSR count). The molecule has 8 nitrogen and oxygen atoms in total. The van der Waals surface area contributed by atoms with Crippen LogP contribution >= 0.6 is 0 Å². The van der Waals surface area contributed by atoms with E-state index in [0.717, 1.165) is 18.7 Å². The predicted octanol–water partition coefficient (Wildman–Crippen LogP) is 1.85. The van der Waals surface area contributed by atoms with Crippen LogP contribution in [0.3, 0.4) is 0 Å². The molecule has 0 radical (unpaired) electrons. The monoisotopic (exact) mass is 344 g/mol. The minimum atomic E-state index is -0.466. The van der Waals surface area contributed by atoms with Crippen LogP contribution < -0.4 is 0 Å². The third kappa shape index (κ3) is 4.76. The number of rotatable bonds is 3. The summed E-state index contributed by atoms with van der Waals surface area (Å²) in [4.78, 5) is 17.6. The van der Waals surface area contributed by atoms with Gasteiger partial charge in [0.25, 0.3) is 0 Å². The van der Waals surface area contributed by atoms with Crippen molar-refractivity contribution in [3.63, 3.8) is 0 Å². The molecule has 0 atom stereocenters. The van der Waals surface area contributed by atoms with E-state index in [0.29, 0.717) is 25.6 Å². The quantitative estimate of drug-likeness (QED) is 0.846. The average molecular weight is 344 g/mol. The van der Waals surface area contributed by atoms with Gasteiger partial charge >= 0.3 is 6.09 Å². The van der Waals surface area contributed by atoms with Gasteiger partial charge in [-0.1, -0.05) is 30.3 Å². The van der Waals surface area contributed by atoms with Gasteiger partial charge in [0.05, 0.1) is 0 Å². The Hall–Kier alpha value is -2.48. The highest BCUT2D eigenvalue weighted by molar-refractivity contribution is 5.68. The zero-order valence-electron chi connectivity index (χ0n) is 14.9. The summed E-state index contributed by atoms with van der Waals surface area (Å²) in [6.45, 7) is 8.96. The van der Waals surface area contributed by atoms with Crippen molar-refractivity contribution < 1.29 is 9.53 Å². The molecule has 25 heavy (non-hydrogen) atoms. The molecule has 1 amide bonds. The number of piperazine rings is 1. The van der Waals surface area contributed by atoms with Gasteiger partial charge in [0, 0.05) is 31.7 Å². The minimum absolute atomic E-state index is 0.252. The Labute approximate surface area is 147 Å². The third-order valence-corrected chi connectivity index (χ3v) is 3.84. The lowest BCUT2D eigenvalue weighted by Gasteiger charge is -2.35. The first kappa shape index (κ1) is 17.3. The highest BCUT2D eigenvalue weighted by Gasteiger charge is 2.26. The van der Waals surface area contributed by atoms with Gasteiger partial charge in [0.1, 0.15) is 12.3 Å². The summed E-state index contributed by atoms with van der Waals surface area (Å²) < 4.78 is 5.41. The molecule has 0 aliphatic carbocycles. The van der Waals surface area contributed by atoms with Gasteiger partial charge in [-0.15, -0.1) is 15.0 Å². The van der Waals surface area contributed by atoms with E-state index in [-0.39, 0.29) is 6.09 Å². The molecule has 1 fully saturated rings. The molecular formula is C17H24N6O2. The molecule has 1 aliphatic heterocycles. The molecule has 0 N–H and O–H groups in total. The molecular weight excluding hydrogens is 320 g/mol. The van der Waals surface area contributed by atoms with E-state index in [1.54, 1.807) is 9.70 Å². The highest BCUT2D eigenvalue weighted by atomic mass is 16.6. The first-order chi connectivity index (χ1) is 11.9. The number of ether oxygens (including phenoxy) is 1. The normalized spacial score (nSPS) is 16.0. The number of tetrazole rings is 1. The maximum atomic E-state index is 12.1. The molecule has 0 spiro atoms. The van der Waals surface area contributed by atoms with E-state index in [1.807, 2.05) is 51.1 Å². The first-order valence-electron chi connectivity index (χ1n) is 8.44. The summed E-state index contributed by atoms with van der Waals surface area (Å²) in [6, 6.07) is 9.78. The van der Waals surface area contributed by atoms with Gasteiger partial charge < -0.3 is 9.64 Å². The van der Waals surface area contributed by atoms with Crippen LogP contribution in [0.2, 0.25) is 0 Å². The van der Waals surface area contributed by atoms with Crippen molar-refractivity contribution in [2.75, 3.05) is 26.2 Å². The molecule has 134 valence electrons. The van der Waals surface area contributed by atoms with Gasteiger partial charge in [-0.2, -0.15) is 0 Å². The Kier molecular flexibility index (Phi) is 4.98. The number of amides is 1. The first-order valence-corrected chi connectivity index (χ1v) is 8.44. The van der Waals surface area contributed by atoms with Crippen molar-refractivity contribution in [2.24, 2.45) is 0 Å². The zero-order valence-corrected chi connectivity index (χ0v) is 14.9. The summed E-state index contributed by atoms with van der Waals surface area (Å²) >= 11 is 0. The SMILES string of the molecule is CC(C)(C)OC(=O)N1CCN(Cn2nnc(-c3ccccc3)n2)CC1. The standard InChI is InChI=1S/C17H24N6O2/c1-17(2,3)25-16(24)22-11-9-21(10-12-22)13-23-19-15(18-20-23)14-7-5-4-6-8-14/h4-8H,9-13H2,1-3H3. The second-order valence-corrected chi connectivity index (χ2v) is 7.08. The maximum Gasteiger partial charge on any atom is 0.410 e. The Morgan fingerprint density at radius 3 is 2.44 bits per heavy atom. The molecule has 2 aromatic rings. The second-order valence-electron chi connectivity index (χ2n) is 7.08. The lowest BCUT2D eigenvalue weighted by atomic mass is 10.2. The molecule has 1 aromatic heterocycles. The van der Waals surface area contributed by atoms with Gasteiger partial charge in [-0.3, -0.25) is 4.90 Å². The number of benzene rings is 1. The Balaban J connectivity index is 1.51. The molecule has 1 aliphatic rings. The lowest BCUT2D eigenvalue weighted by molar-refractivity contribution is 0.0108. The van der Waals surface area contributed by atoms with Crippen LogP contribution in [0.4, 0.5) is 4.79 Å². The van der Waals surface area contributed by atoms with Crippen molar-refractivity contribution in [1.29, 1.82) is 0 Å². The number of carbonyl (C=O) groups excluding carboxylic acids is 1. The van der Waals surface area contributed by atoms with Crippen molar-refractivity contribution in [3.8, 4) is 11.4 Å². The highest BCUT2D eigenvalue weighted by Crippen LogP contribution is 2.13. The molecule has 2 heterocycles. The van der Waals surface area contributed by atoms with Crippen LogP contribution in [0.5, 0.6) is 0 Å². The largest absolute Gasteiger partial charge is 0.444 e. The van der Waals surface area contributed by atoms with Crippen LogP contribution in [0, 0.1) is 0 Å². The van der Waals surface area contributed by atoms with E-state index in [9.17, 15) is 4.79 Å². The van der Waals surface area contributed by atoms with E-state index < -0.39 is 5.60 Å². The Bertz CT molecular complexity index is 701. The van der Waals surface area contributed by atoms with Crippen LogP contribution in [0.15, 0.2) is 30.3 Å². The summed E-state index contributed by atoms with van der Waals surface area (Å²) in [7, 11) is 0. The fraction of sp³-hybridized carbons (Fsp3) is 0.529. The fourth-order valence-corrected chi connectivity index (χ4v) is 2.58. The summed E-state index contributed by atoms with van der Waals surface area (Å²) in [5.41, 5.74) is 0.482. The fourth-order valence-electron chi connectivity index (χ4n) is 2.58. The summed E-state index contributed by atoms with van der Waals surface area (Å²) in [5.74, 6) is 0.619. The average Bonchev–Trinajstić information content (AvgIpc) is 3.03. The number of hydrogen-bond donors (Lipinski definition) is 0. The van der Waals surface area contributed by atoms with Crippen molar-refractivity contribution >= 4 is 6.09 Å². The van der Waals surface area contributed by atoms with Crippen molar-refractivity contribution in [3.05, 3.63) is 30.3 Å². The van der Waals surface area contributed by atoms with Gasteiger partial charge in [-0.25, -0.2) is 4.79 Å². The molecule has 8 heteroatoms. The third-order valence-electron chi connectivity index (χ3n) is 3.84. The number of nitrogens with zero attached hydrogens (tertiary/aromatic N) is 6. The van der Waals surface area contributed by atoms with Crippen molar-refractivity contribution in [2.45, 2.75) is 33.0 Å². The smallest absolute Gasteiger partial charge is 0.410 e. The Morgan fingerprint density at radius 1 is 1.12 bits per heavy atom. The van der Waals surface area contributed by atoms with Crippen molar-refractivity contribution in [1.82, 2.24) is 30.0 Å². The summed E-state index contributed by atoms with van der Waals surface area (Å²) in [5, 5.41) is 12.6. The molecule has 0 saturated carbocycles. The summed E-state index contributed by atoms with van der Waals surface area (Å²) in [6.07, 6.45) is -0.252. The second kappa shape index (κ2) is 7.18. The van der Waals surface area contributed by atoms with E-state index in [4.69, 9.17) is 4.74 Å². The van der Waals surface area contributed by atoms with Crippen LogP contribution in [0.25, 0.3) is 11.4 Å². The van der Waals surface area contributed by atoms with Crippen LogP contribution in [-0.4, -0.2) is 67.9 Å². The van der Waals surface area contributed by atoms with Gasteiger partial charge in [-0.05, 0) is 26.0 Å². The molecule has 0 bridgehead atoms. The minimum Gasteiger partial charge on any atom is -0.444 e. The van der Waals surface area contributed by atoms with E-state index in [1.165, 1.54) is 0 Å². The van der Waals surface area contributed by atoms with Crippen LogP contribution in [-0.2, 0) is 11.4 Å². The molecule has 1 aromatic carbocycles. The number of carbonyl (C=O) groups is 1. The topological polar surface area (TPSA) is 76.4 Å². The number of hydrogen-bond acceptors (Lipinski definition) is 6. The number of aromatic nitrogens is 4. The lowest BCUT2D eigenvalue weighted by Crippen LogP contribution is -2.50. The molecule has 1 saturated heterocycles. The van der Waals surface area contributed by atoms with E-state index >= 15 is 0 Å². The predicted molar refractivity (Wildman–Crippen MR) is 92.6 cm³/mol. The zero-order chi connectivity index (χ0) is 17.9. The van der Waals surface area contributed by atoms with E-state index in [2.05, 4.69) is 20.3 Å². The maximum absolute atomic E-state index is 12.1.